The van der Waals surface area contributed by atoms with Crippen LogP contribution in [0.15, 0.2) is 18.2 Å². The summed E-state index contributed by atoms with van der Waals surface area (Å²) >= 11 is 0. The minimum absolute atomic E-state index is 0.234. The first-order valence-corrected chi connectivity index (χ1v) is 6.84. The average Bonchev–Trinajstić information content (AvgIpc) is 2.49. The van der Waals surface area contributed by atoms with Crippen LogP contribution in [0.25, 0.3) is 0 Å². The maximum atomic E-state index is 13.3. The molecule has 20 heavy (non-hydrogen) atoms. The van der Waals surface area contributed by atoms with E-state index in [1.54, 1.807) is 6.07 Å². The second-order valence-electron chi connectivity index (χ2n) is 5.20. The summed E-state index contributed by atoms with van der Waals surface area (Å²) < 4.78 is 18.0. The smallest absolute Gasteiger partial charge is 0.338 e. The SMILES string of the molecule is COC(=O)c1cc(F)ccc1CN1CCC(CO)CC1. The summed E-state index contributed by atoms with van der Waals surface area (Å²) in [7, 11) is 1.30. The van der Waals surface area contributed by atoms with Crippen LogP contribution in [0.1, 0.15) is 28.8 Å². The number of ether oxygens (including phenoxy) is 1. The number of piperidine rings is 1. The molecular formula is C15H20FNO3. The van der Waals surface area contributed by atoms with Crippen LogP contribution in [0.4, 0.5) is 4.39 Å². The molecule has 1 heterocycles. The molecule has 1 N–H and O–H groups in total. The van der Waals surface area contributed by atoms with Crippen molar-refractivity contribution in [3.05, 3.63) is 35.1 Å². The monoisotopic (exact) mass is 281 g/mol. The fraction of sp³-hybridized carbons (Fsp3) is 0.533. The zero-order valence-electron chi connectivity index (χ0n) is 11.6. The van der Waals surface area contributed by atoms with Crippen molar-refractivity contribution in [3.8, 4) is 0 Å². The van der Waals surface area contributed by atoms with Gasteiger partial charge in [0.05, 0.1) is 12.7 Å². The highest BCUT2D eigenvalue weighted by Gasteiger charge is 2.21. The van der Waals surface area contributed by atoms with Gasteiger partial charge < -0.3 is 9.84 Å². The quantitative estimate of drug-likeness (QED) is 0.855. The normalized spacial score (nSPS) is 17.1. The van der Waals surface area contributed by atoms with E-state index in [9.17, 15) is 9.18 Å². The van der Waals surface area contributed by atoms with Gasteiger partial charge in [-0.15, -0.1) is 0 Å². The molecule has 1 aliphatic heterocycles. The van der Waals surface area contributed by atoms with Gasteiger partial charge in [-0.3, -0.25) is 4.90 Å². The molecule has 0 spiro atoms. The van der Waals surface area contributed by atoms with E-state index in [-0.39, 0.29) is 12.2 Å². The second-order valence-corrected chi connectivity index (χ2v) is 5.20. The van der Waals surface area contributed by atoms with E-state index in [0.29, 0.717) is 12.5 Å². The summed E-state index contributed by atoms with van der Waals surface area (Å²) in [4.78, 5) is 13.9. The minimum atomic E-state index is -0.509. The highest BCUT2D eigenvalue weighted by atomic mass is 19.1. The highest BCUT2D eigenvalue weighted by Crippen LogP contribution is 2.20. The van der Waals surface area contributed by atoms with Gasteiger partial charge in [-0.25, -0.2) is 9.18 Å². The Hall–Kier alpha value is -1.46. The first-order valence-electron chi connectivity index (χ1n) is 6.84. The molecule has 0 unspecified atom stereocenters. The molecule has 0 aliphatic carbocycles. The van der Waals surface area contributed by atoms with Crippen molar-refractivity contribution in [3.63, 3.8) is 0 Å². The first kappa shape index (κ1) is 14.9. The van der Waals surface area contributed by atoms with Crippen LogP contribution in [-0.2, 0) is 11.3 Å². The predicted molar refractivity (Wildman–Crippen MR) is 72.8 cm³/mol. The third-order valence-electron chi connectivity index (χ3n) is 3.84. The van der Waals surface area contributed by atoms with Gasteiger partial charge in [-0.2, -0.15) is 0 Å². The fourth-order valence-electron chi connectivity index (χ4n) is 2.55. The molecule has 1 aliphatic rings. The number of hydrogen-bond donors (Lipinski definition) is 1. The first-order chi connectivity index (χ1) is 9.63. The number of rotatable bonds is 4. The summed E-state index contributed by atoms with van der Waals surface area (Å²) in [6, 6.07) is 4.23. The van der Waals surface area contributed by atoms with Gasteiger partial charge in [0, 0.05) is 13.2 Å². The molecule has 5 heteroatoms. The summed E-state index contributed by atoms with van der Waals surface area (Å²) in [5, 5.41) is 9.12. The van der Waals surface area contributed by atoms with Gasteiger partial charge in [0.1, 0.15) is 5.82 Å². The highest BCUT2D eigenvalue weighted by molar-refractivity contribution is 5.91. The van der Waals surface area contributed by atoms with Crippen molar-refractivity contribution in [2.75, 3.05) is 26.8 Å². The lowest BCUT2D eigenvalue weighted by molar-refractivity contribution is 0.0596. The van der Waals surface area contributed by atoms with Gasteiger partial charge in [0.25, 0.3) is 0 Å². The van der Waals surface area contributed by atoms with Crippen LogP contribution in [0, 0.1) is 11.7 Å². The lowest BCUT2D eigenvalue weighted by Gasteiger charge is -2.31. The molecule has 110 valence electrons. The number of hydrogen-bond acceptors (Lipinski definition) is 4. The largest absolute Gasteiger partial charge is 0.465 e. The van der Waals surface area contributed by atoms with Crippen molar-refractivity contribution in [1.29, 1.82) is 0 Å². The number of likely N-dealkylation sites (tertiary alicyclic amines) is 1. The number of carbonyl (C=O) groups is 1. The number of carbonyl (C=O) groups excluding carboxylic acids is 1. The van der Waals surface area contributed by atoms with Gasteiger partial charge >= 0.3 is 5.97 Å². The van der Waals surface area contributed by atoms with E-state index in [4.69, 9.17) is 9.84 Å². The molecule has 1 aromatic rings. The Kier molecular flexibility index (Phi) is 5.09. The van der Waals surface area contributed by atoms with Crippen LogP contribution >= 0.6 is 0 Å². The molecule has 0 saturated carbocycles. The predicted octanol–water partition coefficient (Wildman–Crippen LogP) is 1.82. The Morgan fingerprint density at radius 1 is 1.45 bits per heavy atom. The Labute approximate surface area is 118 Å². The summed E-state index contributed by atoms with van der Waals surface area (Å²) in [5.41, 5.74) is 1.07. The van der Waals surface area contributed by atoms with E-state index < -0.39 is 11.8 Å². The molecule has 0 radical (unpaired) electrons. The molecule has 0 amide bonds. The molecule has 1 aromatic carbocycles. The topological polar surface area (TPSA) is 49.8 Å². The maximum absolute atomic E-state index is 13.3. The van der Waals surface area contributed by atoms with Crippen molar-refractivity contribution < 1.29 is 19.0 Å². The Morgan fingerprint density at radius 3 is 2.75 bits per heavy atom. The van der Waals surface area contributed by atoms with Crippen LogP contribution in [-0.4, -0.2) is 42.8 Å². The van der Waals surface area contributed by atoms with E-state index in [1.807, 2.05) is 0 Å². The Bertz CT molecular complexity index is 470. The summed E-state index contributed by atoms with van der Waals surface area (Å²) in [6.45, 7) is 2.59. The molecule has 0 bridgehead atoms. The zero-order chi connectivity index (χ0) is 14.5. The van der Waals surface area contributed by atoms with Crippen LogP contribution < -0.4 is 0 Å². The molecule has 1 saturated heterocycles. The molecular weight excluding hydrogens is 261 g/mol. The lowest BCUT2D eigenvalue weighted by atomic mass is 9.97. The third-order valence-corrected chi connectivity index (χ3v) is 3.84. The number of aliphatic hydroxyl groups is 1. The van der Waals surface area contributed by atoms with Gasteiger partial charge in [0.2, 0.25) is 0 Å². The molecule has 0 aromatic heterocycles. The number of methoxy groups -OCH3 is 1. The summed E-state index contributed by atoms with van der Waals surface area (Å²) in [5.74, 6) is -0.572. The minimum Gasteiger partial charge on any atom is -0.465 e. The number of esters is 1. The third kappa shape index (κ3) is 3.55. The standard InChI is InChI=1S/C15H20FNO3/c1-20-15(19)14-8-13(16)3-2-12(14)9-17-6-4-11(10-18)5-7-17/h2-3,8,11,18H,4-7,9-10H2,1H3. The van der Waals surface area contributed by atoms with E-state index in [2.05, 4.69) is 4.90 Å². The second kappa shape index (κ2) is 6.81. The van der Waals surface area contributed by atoms with E-state index >= 15 is 0 Å². The lowest BCUT2D eigenvalue weighted by Crippen LogP contribution is -2.34. The van der Waals surface area contributed by atoms with Crippen molar-refractivity contribution >= 4 is 5.97 Å². The van der Waals surface area contributed by atoms with Crippen LogP contribution in [0.2, 0.25) is 0 Å². The average molecular weight is 281 g/mol. The molecule has 1 fully saturated rings. The molecule has 4 nitrogen and oxygen atoms in total. The molecule has 2 rings (SSSR count). The van der Waals surface area contributed by atoms with E-state index in [0.717, 1.165) is 31.5 Å². The van der Waals surface area contributed by atoms with Crippen molar-refractivity contribution in [2.24, 2.45) is 5.92 Å². The number of nitrogens with zero attached hydrogens (tertiary/aromatic N) is 1. The Balaban J connectivity index is 2.07. The number of aliphatic hydroxyl groups excluding tert-OH is 1. The van der Waals surface area contributed by atoms with Gasteiger partial charge in [0.15, 0.2) is 0 Å². The van der Waals surface area contributed by atoms with Crippen LogP contribution in [0.5, 0.6) is 0 Å². The van der Waals surface area contributed by atoms with Gasteiger partial charge in [-0.1, -0.05) is 6.07 Å². The Morgan fingerprint density at radius 2 is 2.15 bits per heavy atom. The fourth-order valence-corrected chi connectivity index (χ4v) is 2.55. The number of halogens is 1. The zero-order valence-corrected chi connectivity index (χ0v) is 11.6. The van der Waals surface area contributed by atoms with Crippen molar-refractivity contribution in [1.82, 2.24) is 4.90 Å². The maximum Gasteiger partial charge on any atom is 0.338 e. The van der Waals surface area contributed by atoms with Crippen molar-refractivity contribution in [2.45, 2.75) is 19.4 Å². The molecule has 0 atom stereocenters. The van der Waals surface area contributed by atoms with E-state index in [1.165, 1.54) is 19.2 Å². The van der Waals surface area contributed by atoms with Crippen LogP contribution in [0.3, 0.4) is 0 Å². The summed E-state index contributed by atoms with van der Waals surface area (Å²) in [6.07, 6.45) is 1.90. The van der Waals surface area contributed by atoms with Gasteiger partial charge in [-0.05, 0) is 49.5 Å². The number of benzene rings is 1.